The van der Waals surface area contributed by atoms with Gasteiger partial charge in [-0.25, -0.2) is 0 Å². The van der Waals surface area contributed by atoms with Gasteiger partial charge in [-0.15, -0.1) is 11.3 Å². The SMILES string of the molecule is CCOC(CN)CN(CC)Cc1cccs1. The number of likely N-dealkylation sites (N-methyl/N-ethyl adjacent to an activating group) is 1. The summed E-state index contributed by atoms with van der Waals surface area (Å²) in [5, 5.41) is 2.12. The molecule has 1 rings (SSSR count). The van der Waals surface area contributed by atoms with Crippen LogP contribution < -0.4 is 5.73 Å². The first-order chi connectivity index (χ1) is 7.80. The first kappa shape index (κ1) is 13.6. The minimum atomic E-state index is 0.157. The van der Waals surface area contributed by atoms with Crippen LogP contribution in [-0.4, -0.2) is 37.2 Å². The molecule has 0 aliphatic heterocycles. The van der Waals surface area contributed by atoms with E-state index in [9.17, 15) is 0 Å². The molecular weight excluding hydrogens is 220 g/mol. The summed E-state index contributed by atoms with van der Waals surface area (Å²) < 4.78 is 5.58. The van der Waals surface area contributed by atoms with Gasteiger partial charge in [-0.2, -0.15) is 0 Å². The van der Waals surface area contributed by atoms with Crippen LogP contribution >= 0.6 is 11.3 Å². The molecule has 92 valence electrons. The molecule has 0 aromatic carbocycles. The lowest BCUT2D eigenvalue weighted by Crippen LogP contribution is -2.37. The smallest absolute Gasteiger partial charge is 0.0823 e. The summed E-state index contributed by atoms with van der Waals surface area (Å²) in [5.41, 5.74) is 5.69. The van der Waals surface area contributed by atoms with Crippen LogP contribution in [0.3, 0.4) is 0 Å². The summed E-state index contributed by atoms with van der Waals surface area (Å²) in [4.78, 5) is 3.77. The van der Waals surface area contributed by atoms with Gasteiger partial charge in [-0.3, -0.25) is 4.90 Å². The van der Waals surface area contributed by atoms with Crippen molar-refractivity contribution in [1.82, 2.24) is 4.90 Å². The standard InChI is InChI=1S/C12H22N2OS/c1-3-14(9-11(8-13)15-4-2)10-12-6-5-7-16-12/h5-7,11H,3-4,8-10,13H2,1-2H3. The second-order valence-electron chi connectivity index (χ2n) is 3.72. The largest absolute Gasteiger partial charge is 0.376 e. The zero-order valence-corrected chi connectivity index (χ0v) is 11.0. The molecule has 0 amide bonds. The van der Waals surface area contributed by atoms with Crippen LogP contribution in [0.25, 0.3) is 0 Å². The van der Waals surface area contributed by atoms with Crippen LogP contribution in [0.5, 0.6) is 0 Å². The molecule has 1 aromatic rings. The Morgan fingerprint density at radius 2 is 2.31 bits per heavy atom. The number of nitrogens with two attached hydrogens (primary N) is 1. The molecule has 1 heterocycles. The molecule has 0 radical (unpaired) electrons. The van der Waals surface area contributed by atoms with Crippen molar-refractivity contribution in [3.05, 3.63) is 22.4 Å². The van der Waals surface area contributed by atoms with E-state index in [0.29, 0.717) is 6.54 Å². The normalized spacial score (nSPS) is 13.2. The van der Waals surface area contributed by atoms with E-state index in [0.717, 1.165) is 26.2 Å². The van der Waals surface area contributed by atoms with E-state index in [1.54, 1.807) is 11.3 Å². The molecule has 1 atom stereocenters. The van der Waals surface area contributed by atoms with Crippen LogP contribution in [0.1, 0.15) is 18.7 Å². The number of nitrogens with zero attached hydrogens (tertiary/aromatic N) is 1. The van der Waals surface area contributed by atoms with Crippen molar-refractivity contribution in [2.45, 2.75) is 26.5 Å². The van der Waals surface area contributed by atoms with Crippen molar-refractivity contribution in [2.24, 2.45) is 5.73 Å². The third kappa shape index (κ3) is 4.61. The summed E-state index contributed by atoms with van der Waals surface area (Å²) in [5.74, 6) is 0. The zero-order chi connectivity index (χ0) is 11.8. The molecule has 0 saturated carbocycles. The molecule has 1 aromatic heterocycles. The number of ether oxygens (including phenoxy) is 1. The minimum absolute atomic E-state index is 0.157. The highest BCUT2D eigenvalue weighted by Gasteiger charge is 2.12. The maximum Gasteiger partial charge on any atom is 0.0823 e. The van der Waals surface area contributed by atoms with Crippen molar-refractivity contribution >= 4 is 11.3 Å². The number of hydrogen-bond donors (Lipinski definition) is 1. The molecule has 2 N–H and O–H groups in total. The third-order valence-electron chi connectivity index (χ3n) is 2.53. The second-order valence-corrected chi connectivity index (χ2v) is 4.75. The molecule has 0 bridgehead atoms. The Morgan fingerprint density at radius 1 is 1.50 bits per heavy atom. The Bertz CT molecular complexity index is 264. The Labute approximate surface area is 102 Å². The van der Waals surface area contributed by atoms with E-state index in [1.165, 1.54) is 4.88 Å². The fraction of sp³-hybridized carbons (Fsp3) is 0.667. The molecule has 16 heavy (non-hydrogen) atoms. The fourth-order valence-electron chi connectivity index (χ4n) is 1.65. The molecule has 0 fully saturated rings. The number of hydrogen-bond acceptors (Lipinski definition) is 4. The zero-order valence-electron chi connectivity index (χ0n) is 10.2. The van der Waals surface area contributed by atoms with Crippen molar-refractivity contribution in [2.75, 3.05) is 26.2 Å². The molecule has 3 nitrogen and oxygen atoms in total. The average Bonchev–Trinajstić information content (AvgIpc) is 2.80. The van der Waals surface area contributed by atoms with Crippen LogP contribution in [-0.2, 0) is 11.3 Å². The summed E-state index contributed by atoms with van der Waals surface area (Å²) >= 11 is 1.80. The highest BCUT2D eigenvalue weighted by atomic mass is 32.1. The minimum Gasteiger partial charge on any atom is -0.376 e. The topological polar surface area (TPSA) is 38.5 Å². The van der Waals surface area contributed by atoms with Gasteiger partial charge in [-0.05, 0) is 24.9 Å². The fourth-order valence-corrected chi connectivity index (χ4v) is 2.39. The Morgan fingerprint density at radius 3 is 2.81 bits per heavy atom. The van der Waals surface area contributed by atoms with Gasteiger partial charge in [0.15, 0.2) is 0 Å². The van der Waals surface area contributed by atoms with Gasteiger partial charge in [0.05, 0.1) is 6.10 Å². The van der Waals surface area contributed by atoms with Crippen molar-refractivity contribution in [3.8, 4) is 0 Å². The lowest BCUT2D eigenvalue weighted by molar-refractivity contribution is 0.0388. The van der Waals surface area contributed by atoms with Crippen molar-refractivity contribution in [1.29, 1.82) is 0 Å². The maximum absolute atomic E-state index is 5.69. The van der Waals surface area contributed by atoms with Gasteiger partial charge in [0.1, 0.15) is 0 Å². The van der Waals surface area contributed by atoms with Crippen LogP contribution in [0.4, 0.5) is 0 Å². The van der Waals surface area contributed by atoms with Gasteiger partial charge in [-0.1, -0.05) is 13.0 Å². The number of rotatable bonds is 8. The highest BCUT2D eigenvalue weighted by Crippen LogP contribution is 2.12. The molecule has 0 spiro atoms. The second kappa shape index (κ2) is 7.79. The average molecular weight is 242 g/mol. The predicted molar refractivity (Wildman–Crippen MR) is 69.7 cm³/mol. The third-order valence-corrected chi connectivity index (χ3v) is 3.40. The summed E-state index contributed by atoms with van der Waals surface area (Å²) in [6.45, 7) is 8.45. The van der Waals surface area contributed by atoms with Crippen LogP contribution in [0, 0.1) is 0 Å². The molecule has 0 aliphatic rings. The maximum atomic E-state index is 5.69. The number of thiophene rings is 1. The monoisotopic (exact) mass is 242 g/mol. The first-order valence-corrected chi connectivity index (χ1v) is 6.74. The van der Waals surface area contributed by atoms with E-state index in [4.69, 9.17) is 10.5 Å². The Kier molecular flexibility index (Phi) is 6.64. The quantitative estimate of drug-likeness (QED) is 0.757. The van der Waals surface area contributed by atoms with E-state index in [1.807, 2.05) is 6.92 Å². The molecule has 0 aliphatic carbocycles. The van der Waals surface area contributed by atoms with Crippen molar-refractivity contribution < 1.29 is 4.74 Å². The van der Waals surface area contributed by atoms with Crippen LogP contribution in [0.2, 0.25) is 0 Å². The van der Waals surface area contributed by atoms with Gasteiger partial charge < -0.3 is 10.5 Å². The van der Waals surface area contributed by atoms with Gasteiger partial charge >= 0.3 is 0 Å². The molecule has 1 unspecified atom stereocenters. The summed E-state index contributed by atoms with van der Waals surface area (Å²) in [6.07, 6.45) is 0.157. The Balaban J connectivity index is 2.41. The predicted octanol–water partition coefficient (Wildman–Crippen LogP) is 1.93. The van der Waals surface area contributed by atoms with E-state index < -0.39 is 0 Å². The first-order valence-electron chi connectivity index (χ1n) is 5.86. The van der Waals surface area contributed by atoms with E-state index in [-0.39, 0.29) is 6.10 Å². The van der Waals surface area contributed by atoms with Gasteiger partial charge in [0, 0.05) is 31.1 Å². The summed E-state index contributed by atoms with van der Waals surface area (Å²) in [6, 6.07) is 4.27. The molecule has 4 heteroatoms. The lowest BCUT2D eigenvalue weighted by atomic mass is 10.3. The van der Waals surface area contributed by atoms with E-state index in [2.05, 4.69) is 29.3 Å². The van der Waals surface area contributed by atoms with E-state index >= 15 is 0 Å². The van der Waals surface area contributed by atoms with Crippen molar-refractivity contribution in [3.63, 3.8) is 0 Å². The molecule has 0 saturated heterocycles. The Hall–Kier alpha value is -0.420. The van der Waals surface area contributed by atoms with Crippen LogP contribution in [0.15, 0.2) is 17.5 Å². The molecular formula is C12H22N2OS. The van der Waals surface area contributed by atoms with Gasteiger partial charge in [0.25, 0.3) is 0 Å². The summed E-state index contributed by atoms with van der Waals surface area (Å²) in [7, 11) is 0. The van der Waals surface area contributed by atoms with Gasteiger partial charge in [0.2, 0.25) is 0 Å². The lowest BCUT2D eigenvalue weighted by Gasteiger charge is -2.25. The highest BCUT2D eigenvalue weighted by molar-refractivity contribution is 7.09.